The molecular formula is C28H24N2O2S. The van der Waals surface area contributed by atoms with Gasteiger partial charge >= 0.3 is 0 Å². The Bertz CT molecular complexity index is 1430. The van der Waals surface area contributed by atoms with Crippen LogP contribution >= 0.6 is 11.8 Å². The van der Waals surface area contributed by atoms with E-state index in [4.69, 9.17) is 0 Å². The summed E-state index contributed by atoms with van der Waals surface area (Å²) in [6.45, 7) is 6.41. The molecule has 2 amide bonds. The molecule has 4 nitrogen and oxygen atoms in total. The van der Waals surface area contributed by atoms with Crippen molar-refractivity contribution in [2.45, 2.75) is 27.3 Å². The molecule has 5 rings (SSSR count). The lowest BCUT2D eigenvalue weighted by Gasteiger charge is -2.12. The van der Waals surface area contributed by atoms with Gasteiger partial charge in [-0.05, 0) is 78.7 Å². The smallest absolute Gasteiger partial charge is 0.293 e. The third kappa shape index (κ3) is 4.00. The maximum atomic E-state index is 13.0. The van der Waals surface area contributed by atoms with E-state index in [2.05, 4.69) is 47.9 Å². The zero-order valence-electron chi connectivity index (χ0n) is 18.8. The van der Waals surface area contributed by atoms with Gasteiger partial charge in [-0.2, -0.15) is 0 Å². The van der Waals surface area contributed by atoms with Crippen molar-refractivity contribution in [2.24, 2.45) is 0 Å². The summed E-state index contributed by atoms with van der Waals surface area (Å²) < 4.78 is 2.19. The fourth-order valence-electron chi connectivity index (χ4n) is 4.30. The van der Waals surface area contributed by atoms with Gasteiger partial charge in [0.05, 0.1) is 11.4 Å². The van der Waals surface area contributed by atoms with Crippen molar-refractivity contribution in [3.05, 3.63) is 106 Å². The first-order valence-electron chi connectivity index (χ1n) is 10.9. The van der Waals surface area contributed by atoms with Crippen molar-refractivity contribution in [2.75, 3.05) is 0 Å². The van der Waals surface area contributed by atoms with Crippen LogP contribution in [0.2, 0.25) is 0 Å². The summed E-state index contributed by atoms with van der Waals surface area (Å²) in [5.74, 6) is -0.235. The Morgan fingerprint density at radius 3 is 2.33 bits per heavy atom. The van der Waals surface area contributed by atoms with Crippen molar-refractivity contribution < 1.29 is 9.59 Å². The molecule has 0 spiro atoms. The molecule has 0 saturated carbocycles. The van der Waals surface area contributed by atoms with E-state index in [1.165, 1.54) is 15.7 Å². The number of hydrogen-bond acceptors (Lipinski definition) is 3. The first-order chi connectivity index (χ1) is 15.9. The molecule has 4 aromatic rings. The second kappa shape index (κ2) is 8.41. The summed E-state index contributed by atoms with van der Waals surface area (Å²) in [6, 6.07) is 24.7. The van der Waals surface area contributed by atoms with E-state index >= 15 is 0 Å². The Labute approximate surface area is 197 Å². The number of benzene rings is 3. The van der Waals surface area contributed by atoms with Crippen molar-refractivity contribution in [1.82, 2.24) is 9.47 Å². The minimum absolute atomic E-state index is 0.227. The molecule has 2 heterocycles. The van der Waals surface area contributed by atoms with E-state index < -0.39 is 0 Å². The summed E-state index contributed by atoms with van der Waals surface area (Å²) in [6.07, 6.45) is 1.85. The second-order valence-electron chi connectivity index (χ2n) is 8.45. The Morgan fingerprint density at radius 2 is 1.58 bits per heavy atom. The van der Waals surface area contributed by atoms with Crippen LogP contribution in [-0.2, 0) is 11.3 Å². The monoisotopic (exact) mass is 452 g/mol. The normalized spacial score (nSPS) is 15.2. The highest BCUT2D eigenvalue weighted by molar-refractivity contribution is 8.18. The molecule has 1 saturated heterocycles. The summed E-state index contributed by atoms with van der Waals surface area (Å²) in [5, 5.41) is 2.16. The highest BCUT2D eigenvalue weighted by Gasteiger charge is 2.35. The predicted octanol–water partition coefficient (Wildman–Crippen LogP) is 6.79. The predicted molar refractivity (Wildman–Crippen MR) is 135 cm³/mol. The van der Waals surface area contributed by atoms with Crippen molar-refractivity contribution >= 4 is 39.8 Å². The Morgan fingerprint density at radius 1 is 0.848 bits per heavy atom. The van der Waals surface area contributed by atoms with E-state index in [9.17, 15) is 9.59 Å². The van der Waals surface area contributed by atoms with E-state index in [0.717, 1.165) is 45.5 Å². The van der Waals surface area contributed by atoms with Crippen LogP contribution in [0.4, 0.5) is 4.79 Å². The number of rotatable bonds is 4. The van der Waals surface area contributed by atoms with Gasteiger partial charge in [-0.15, -0.1) is 0 Å². The van der Waals surface area contributed by atoms with Gasteiger partial charge in [-0.3, -0.25) is 14.5 Å². The fourth-order valence-corrected chi connectivity index (χ4v) is 5.13. The van der Waals surface area contributed by atoms with Crippen LogP contribution in [0.5, 0.6) is 0 Å². The number of aryl methyl sites for hydroxylation is 2. The van der Waals surface area contributed by atoms with Crippen molar-refractivity contribution in [3.8, 4) is 5.69 Å². The molecule has 0 bridgehead atoms. The summed E-state index contributed by atoms with van der Waals surface area (Å²) in [7, 11) is 0. The molecule has 164 valence electrons. The number of nitrogens with zero attached hydrogens (tertiary/aromatic N) is 2. The average Bonchev–Trinajstić information content (AvgIpc) is 3.24. The molecule has 33 heavy (non-hydrogen) atoms. The van der Waals surface area contributed by atoms with Gasteiger partial charge in [0.15, 0.2) is 0 Å². The van der Waals surface area contributed by atoms with Crippen LogP contribution in [-0.4, -0.2) is 20.6 Å². The van der Waals surface area contributed by atoms with Crippen LogP contribution in [0.25, 0.3) is 22.5 Å². The first-order valence-corrected chi connectivity index (χ1v) is 11.7. The Balaban J connectivity index is 1.45. The second-order valence-corrected chi connectivity index (χ2v) is 9.44. The SMILES string of the molecule is Cc1ccc(CN2C(=O)S/C(=C\c3cc(C)n(-c4ccc5ccccc5c4)c3C)C2=O)cc1. The zero-order valence-corrected chi connectivity index (χ0v) is 19.6. The van der Waals surface area contributed by atoms with Crippen molar-refractivity contribution in [3.63, 3.8) is 0 Å². The standard InChI is InChI=1S/C28H24N2O2S/c1-18-8-10-21(11-9-18)17-29-27(31)26(33-28(29)32)16-24-14-19(2)30(20(24)3)25-13-12-22-6-4-5-7-23(22)15-25/h4-16H,17H2,1-3H3/b26-16-. The van der Waals surface area contributed by atoms with Crippen LogP contribution < -0.4 is 0 Å². The van der Waals surface area contributed by atoms with Gasteiger partial charge in [0.1, 0.15) is 0 Å². The van der Waals surface area contributed by atoms with Gasteiger partial charge in [-0.1, -0.05) is 60.2 Å². The maximum Gasteiger partial charge on any atom is 0.293 e. The molecule has 0 unspecified atom stereocenters. The summed E-state index contributed by atoms with van der Waals surface area (Å²) in [4.78, 5) is 27.4. The quantitative estimate of drug-likeness (QED) is 0.320. The molecule has 0 radical (unpaired) electrons. The maximum absolute atomic E-state index is 13.0. The van der Waals surface area contributed by atoms with Crippen LogP contribution in [0.1, 0.15) is 28.1 Å². The molecular weight excluding hydrogens is 428 g/mol. The lowest BCUT2D eigenvalue weighted by Crippen LogP contribution is -2.27. The zero-order chi connectivity index (χ0) is 23.1. The van der Waals surface area contributed by atoms with Gasteiger partial charge in [-0.25, -0.2) is 0 Å². The molecule has 1 aliphatic heterocycles. The van der Waals surface area contributed by atoms with Gasteiger partial charge in [0.2, 0.25) is 0 Å². The summed E-state index contributed by atoms with van der Waals surface area (Å²) >= 11 is 1.01. The lowest BCUT2D eigenvalue weighted by atomic mass is 10.1. The van der Waals surface area contributed by atoms with Crippen LogP contribution in [0, 0.1) is 20.8 Å². The largest absolute Gasteiger partial charge is 0.318 e. The lowest BCUT2D eigenvalue weighted by molar-refractivity contribution is -0.123. The Kier molecular flexibility index (Phi) is 5.43. The summed E-state index contributed by atoms with van der Waals surface area (Å²) in [5.41, 5.74) is 6.23. The van der Waals surface area contributed by atoms with Gasteiger partial charge in [0.25, 0.3) is 11.1 Å². The number of carbonyl (C=O) groups excluding carboxylic acids is 2. The number of hydrogen-bond donors (Lipinski definition) is 0. The number of aromatic nitrogens is 1. The van der Waals surface area contributed by atoms with E-state index in [0.29, 0.717) is 11.4 Å². The molecule has 1 aromatic heterocycles. The fraction of sp³-hybridized carbons (Fsp3) is 0.143. The topological polar surface area (TPSA) is 42.3 Å². The van der Waals surface area contributed by atoms with Gasteiger partial charge < -0.3 is 4.57 Å². The van der Waals surface area contributed by atoms with Crippen LogP contribution in [0.3, 0.4) is 0 Å². The number of fused-ring (bicyclic) bond motifs is 1. The Hall–Kier alpha value is -3.57. The molecule has 3 aromatic carbocycles. The number of amides is 2. The molecule has 0 atom stereocenters. The molecule has 0 N–H and O–H groups in total. The minimum atomic E-state index is -0.235. The third-order valence-corrected chi connectivity index (χ3v) is 6.99. The number of imide groups is 1. The van der Waals surface area contributed by atoms with Gasteiger partial charge in [0, 0.05) is 17.1 Å². The first kappa shape index (κ1) is 21.3. The molecule has 0 aliphatic carbocycles. The average molecular weight is 453 g/mol. The number of carbonyl (C=O) groups is 2. The minimum Gasteiger partial charge on any atom is -0.318 e. The van der Waals surface area contributed by atoms with Crippen LogP contribution in [0.15, 0.2) is 77.7 Å². The highest BCUT2D eigenvalue weighted by atomic mass is 32.2. The molecule has 5 heteroatoms. The number of thioether (sulfide) groups is 1. The third-order valence-electron chi connectivity index (χ3n) is 6.08. The molecule has 1 aliphatic rings. The van der Waals surface area contributed by atoms with E-state index in [-0.39, 0.29) is 11.1 Å². The van der Waals surface area contributed by atoms with Crippen molar-refractivity contribution in [1.29, 1.82) is 0 Å². The molecule has 1 fully saturated rings. The van der Waals surface area contributed by atoms with E-state index in [1.807, 2.05) is 56.3 Å². The highest BCUT2D eigenvalue weighted by Crippen LogP contribution is 2.35. The van der Waals surface area contributed by atoms with E-state index in [1.54, 1.807) is 0 Å².